The lowest BCUT2D eigenvalue weighted by Gasteiger charge is -2.37. The molecule has 1 aromatic rings. The van der Waals surface area contributed by atoms with Gasteiger partial charge in [-0.2, -0.15) is 0 Å². The van der Waals surface area contributed by atoms with E-state index in [4.69, 9.17) is 0 Å². The molecule has 0 spiro atoms. The number of hydrogen-bond donors (Lipinski definition) is 1. The van der Waals surface area contributed by atoms with E-state index in [2.05, 4.69) is 27.0 Å². The first-order chi connectivity index (χ1) is 9.26. The van der Waals surface area contributed by atoms with Gasteiger partial charge in [0.25, 0.3) is 0 Å². The summed E-state index contributed by atoms with van der Waals surface area (Å²) in [4.78, 5) is 21.8. The lowest BCUT2D eigenvalue weighted by atomic mass is 10.1. The molecular formula is C13H20N4OS. The number of anilines is 1. The zero-order valence-electron chi connectivity index (χ0n) is 11.3. The van der Waals surface area contributed by atoms with Crippen molar-refractivity contribution in [2.75, 3.05) is 31.5 Å². The van der Waals surface area contributed by atoms with Gasteiger partial charge in [0.1, 0.15) is 0 Å². The highest BCUT2D eigenvalue weighted by Crippen LogP contribution is 2.25. The van der Waals surface area contributed by atoms with Crippen LogP contribution < -0.4 is 5.32 Å². The maximum atomic E-state index is 11.6. The zero-order valence-corrected chi connectivity index (χ0v) is 12.1. The molecule has 2 saturated heterocycles. The monoisotopic (exact) mass is 280 g/mol. The van der Waals surface area contributed by atoms with Gasteiger partial charge in [-0.15, -0.1) is 11.3 Å². The minimum absolute atomic E-state index is 0.344. The van der Waals surface area contributed by atoms with Gasteiger partial charge in [0.05, 0.1) is 0 Å². The maximum absolute atomic E-state index is 11.6. The second-order valence-electron chi connectivity index (χ2n) is 5.18. The first-order valence-corrected chi connectivity index (χ1v) is 7.78. The first-order valence-electron chi connectivity index (χ1n) is 6.96. The largest absolute Gasteiger partial charge is 0.362 e. The number of rotatable bonds is 4. The van der Waals surface area contributed by atoms with E-state index in [-0.39, 0.29) is 0 Å². The molecular weight excluding hydrogens is 260 g/mol. The second-order valence-corrected chi connectivity index (χ2v) is 6.29. The Bertz CT molecular complexity index is 461. The summed E-state index contributed by atoms with van der Waals surface area (Å²) in [6.45, 7) is 6.84. The fraction of sp³-hybridized carbons (Fsp3) is 0.692. The third kappa shape index (κ3) is 2.74. The molecule has 1 unspecified atom stereocenters. The minimum atomic E-state index is 0.344. The van der Waals surface area contributed by atoms with E-state index in [9.17, 15) is 4.79 Å². The highest BCUT2D eigenvalue weighted by atomic mass is 32.1. The second kappa shape index (κ2) is 5.46. The Labute approximate surface area is 117 Å². The molecule has 6 heteroatoms. The predicted octanol–water partition coefficient (Wildman–Crippen LogP) is 1.38. The third-order valence-corrected chi connectivity index (χ3v) is 4.78. The smallest absolute Gasteiger partial charge is 0.222 e. The van der Waals surface area contributed by atoms with Crippen molar-refractivity contribution in [2.24, 2.45) is 0 Å². The molecule has 0 bridgehead atoms. The summed E-state index contributed by atoms with van der Waals surface area (Å²) in [6, 6.07) is 0.447. The molecule has 0 aromatic carbocycles. The van der Waals surface area contributed by atoms with Crippen LogP contribution in [0.2, 0.25) is 0 Å². The highest BCUT2D eigenvalue weighted by Gasteiger charge is 2.35. The Morgan fingerprint density at radius 2 is 2.42 bits per heavy atom. The van der Waals surface area contributed by atoms with E-state index < -0.39 is 0 Å². The van der Waals surface area contributed by atoms with E-state index in [0.717, 1.165) is 50.7 Å². The number of carbonyl (C=O) groups is 1. The van der Waals surface area contributed by atoms with Gasteiger partial charge >= 0.3 is 0 Å². The summed E-state index contributed by atoms with van der Waals surface area (Å²) in [5.74, 6) is 0.344. The summed E-state index contributed by atoms with van der Waals surface area (Å²) in [6.07, 6.45) is 3.74. The fourth-order valence-corrected chi connectivity index (χ4v) is 3.83. The van der Waals surface area contributed by atoms with Gasteiger partial charge in [0, 0.05) is 56.3 Å². The SMILES string of the molecule is CCNc1ncc(CN2CCN3C(=O)CCC3C2)s1. The van der Waals surface area contributed by atoms with Crippen molar-refractivity contribution in [1.82, 2.24) is 14.8 Å². The number of nitrogens with zero attached hydrogens (tertiary/aromatic N) is 3. The Morgan fingerprint density at radius 1 is 1.53 bits per heavy atom. The molecule has 2 fully saturated rings. The lowest BCUT2D eigenvalue weighted by Crippen LogP contribution is -2.50. The van der Waals surface area contributed by atoms with Crippen LogP contribution in [0, 0.1) is 0 Å². The van der Waals surface area contributed by atoms with E-state index in [0.29, 0.717) is 11.9 Å². The third-order valence-electron chi connectivity index (χ3n) is 3.84. The van der Waals surface area contributed by atoms with Crippen molar-refractivity contribution in [3.8, 4) is 0 Å². The summed E-state index contributed by atoms with van der Waals surface area (Å²) >= 11 is 1.73. The number of carbonyl (C=O) groups excluding carboxylic acids is 1. The molecule has 5 nitrogen and oxygen atoms in total. The van der Waals surface area contributed by atoms with Gasteiger partial charge in [-0.25, -0.2) is 4.98 Å². The molecule has 0 saturated carbocycles. The first kappa shape index (κ1) is 12.9. The number of amides is 1. The van der Waals surface area contributed by atoms with Crippen molar-refractivity contribution in [2.45, 2.75) is 32.4 Å². The van der Waals surface area contributed by atoms with Gasteiger partial charge in [0.15, 0.2) is 5.13 Å². The minimum Gasteiger partial charge on any atom is -0.362 e. The number of fused-ring (bicyclic) bond motifs is 1. The average molecular weight is 280 g/mol. The van der Waals surface area contributed by atoms with E-state index in [1.165, 1.54) is 4.88 Å². The molecule has 0 radical (unpaired) electrons. The summed E-state index contributed by atoms with van der Waals surface area (Å²) < 4.78 is 0. The standard InChI is InChI=1S/C13H20N4OS/c1-2-14-13-15-7-11(19-13)9-16-5-6-17-10(8-16)3-4-12(17)18/h7,10H,2-6,8-9H2,1H3,(H,14,15). The number of thiazole rings is 1. The van der Waals surface area contributed by atoms with Crippen molar-refractivity contribution in [3.63, 3.8) is 0 Å². The fourth-order valence-electron chi connectivity index (χ4n) is 2.91. The summed E-state index contributed by atoms with van der Waals surface area (Å²) in [5.41, 5.74) is 0. The molecule has 19 heavy (non-hydrogen) atoms. The number of aromatic nitrogens is 1. The van der Waals surface area contributed by atoms with Crippen LogP contribution in [0.3, 0.4) is 0 Å². The number of nitrogens with one attached hydrogen (secondary N) is 1. The molecule has 0 aliphatic carbocycles. The average Bonchev–Trinajstić information content (AvgIpc) is 2.98. The van der Waals surface area contributed by atoms with Crippen LogP contribution in [0.1, 0.15) is 24.6 Å². The quantitative estimate of drug-likeness (QED) is 0.905. The number of hydrogen-bond acceptors (Lipinski definition) is 5. The molecule has 1 atom stereocenters. The normalized spacial score (nSPS) is 23.7. The van der Waals surface area contributed by atoms with Crippen LogP contribution >= 0.6 is 11.3 Å². The van der Waals surface area contributed by atoms with Crippen molar-refractivity contribution < 1.29 is 4.79 Å². The molecule has 2 aliphatic heterocycles. The molecule has 3 rings (SSSR count). The van der Waals surface area contributed by atoms with Crippen molar-refractivity contribution in [1.29, 1.82) is 0 Å². The summed E-state index contributed by atoms with van der Waals surface area (Å²) in [7, 11) is 0. The zero-order chi connectivity index (χ0) is 13.2. The Morgan fingerprint density at radius 3 is 3.26 bits per heavy atom. The van der Waals surface area contributed by atoms with Crippen LogP contribution in [-0.4, -0.2) is 52.9 Å². The van der Waals surface area contributed by atoms with E-state index in [1.807, 2.05) is 6.20 Å². The highest BCUT2D eigenvalue weighted by molar-refractivity contribution is 7.15. The van der Waals surface area contributed by atoms with Crippen LogP contribution in [0.4, 0.5) is 5.13 Å². The molecule has 3 heterocycles. The lowest BCUT2D eigenvalue weighted by molar-refractivity contribution is -0.130. The summed E-state index contributed by atoms with van der Waals surface area (Å²) in [5, 5.41) is 4.25. The Hall–Kier alpha value is -1.14. The molecule has 1 amide bonds. The molecule has 104 valence electrons. The molecule has 2 aliphatic rings. The van der Waals surface area contributed by atoms with Gasteiger partial charge in [-0.1, -0.05) is 0 Å². The van der Waals surface area contributed by atoms with Gasteiger partial charge in [-0.3, -0.25) is 9.69 Å². The topological polar surface area (TPSA) is 48.5 Å². The van der Waals surface area contributed by atoms with Crippen LogP contribution in [0.15, 0.2) is 6.20 Å². The van der Waals surface area contributed by atoms with Crippen molar-refractivity contribution >= 4 is 22.4 Å². The van der Waals surface area contributed by atoms with Gasteiger partial charge in [0.2, 0.25) is 5.91 Å². The van der Waals surface area contributed by atoms with E-state index in [1.54, 1.807) is 11.3 Å². The van der Waals surface area contributed by atoms with Crippen LogP contribution in [0.5, 0.6) is 0 Å². The van der Waals surface area contributed by atoms with Crippen LogP contribution in [-0.2, 0) is 11.3 Å². The Balaban J connectivity index is 1.57. The van der Waals surface area contributed by atoms with Crippen molar-refractivity contribution in [3.05, 3.63) is 11.1 Å². The molecule has 1 aromatic heterocycles. The van der Waals surface area contributed by atoms with Gasteiger partial charge < -0.3 is 10.2 Å². The number of piperazine rings is 1. The molecule has 1 N–H and O–H groups in total. The van der Waals surface area contributed by atoms with E-state index >= 15 is 0 Å². The predicted molar refractivity (Wildman–Crippen MR) is 76.3 cm³/mol. The van der Waals surface area contributed by atoms with Crippen LogP contribution in [0.25, 0.3) is 0 Å². The maximum Gasteiger partial charge on any atom is 0.222 e. The Kier molecular flexibility index (Phi) is 3.70. The van der Waals surface area contributed by atoms with Gasteiger partial charge in [-0.05, 0) is 13.3 Å².